The monoisotopic (exact) mass is 332 g/mol. The number of benzene rings is 1. The minimum Gasteiger partial charge on any atom is -0.404 e. The van der Waals surface area contributed by atoms with E-state index in [0.29, 0.717) is 11.5 Å². The van der Waals surface area contributed by atoms with Crippen LogP contribution in [0.5, 0.6) is 0 Å². The van der Waals surface area contributed by atoms with Gasteiger partial charge in [0.1, 0.15) is 0 Å². The number of rotatable bonds is 5. The summed E-state index contributed by atoms with van der Waals surface area (Å²) in [5.74, 6) is 0.630. The third-order valence-corrected chi connectivity index (χ3v) is 3.70. The summed E-state index contributed by atoms with van der Waals surface area (Å²) in [6.07, 6.45) is 8.94. The molecule has 2 aromatic heterocycles. The maximum atomic E-state index is 5.92. The molecule has 0 fully saturated rings. The van der Waals surface area contributed by atoms with Gasteiger partial charge in [-0.3, -0.25) is 0 Å². The van der Waals surface area contributed by atoms with Gasteiger partial charge < -0.3 is 16.8 Å². The highest BCUT2D eigenvalue weighted by molar-refractivity contribution is 5.84. The van der Waals surface area contributed by atoms with Crippen LogP contribution in [0.2, 0.25) is 0 Å². The Hall–Kier alpha value is -3.54. The smallest absolute Gasteiger partial charge is 0.153 e. The zero-order chi connectivity index (χ0) is 17.8. The molecule has 0 aliphatic heterocycles. The van der Waals surface area contributed by atoms with Crippen LogP contribution in [0.4, 0.5) is 17.2 Å². The lowest BCUT2D eigenvalue weighted by Crippen LogP contribution is -1.98. The maximum absolute atomic E-state index is 5.92. The van der Waals surface area contributed by atoms with E-state index in [4.69, 9.17) is 11.5 Å². The summed E-state index contributed by atoms with van der Waals surface area (Å²) in [4.78, 5) is 4.24. The van der Waals surface area contributed by atoms with Crippen LogP contribution in [0.3, 0.4) is 0 Å². The van der Waals surface area contributed by atoms with Crippen molar-refractivity contribution in [3.05, 3.63) is 73.2 Å². The number of nitrogens with one attached hydrogen (secondary N) is 1. The van der Waals surface area contributed by atoms with E-state index < -0.39 is 0 Å². The van der Waals surface area contributed by atoms with Gasteiger partial charge in [0, 0.05) is 23.5 Å². The topological polar surface area (TPSA) is 94.8 Å². The van der Waals surface area contributed by atoms with Crippen LogP contribution in [0.15, 0.2) is 73.2 Å². The number of pyridine rings is 1. The molecule has 0 atom stereocenters. The Morgan fingerprint density at radius 1 is 1.28 bits per heavy atom. The summed E-state index contributed by atoms with van der Waals surface area (Å²) in [5, 5.41) is 8.74. The Morgan fingerprint density at radius 2 is 2.12 bits per heavy atom. The highest BCUT2D eigenvalue weighted by atomic mass is 15.3. The molecule has 6 nitrogen and oxygen atoms in total. The van der Waals surface area contributed by atoms with Crippen molar-refractivity contribution in [2.45, 2.75) is 6.92 Å². The van der Waals surface area contributed by atoms with E-state index in [1.807, 2.05) is 43.5 Å². The molecule has 25 heavy (non-hydrogen) atoms. The van der Waals surface area contributed by atoms with Gasteiger partial charge in [0.05, 0.1) is 16.9 Å². The lowest BCUT2D eigenvalue weighted by atomic mass is 10.2. The standard InChI is InChI=1S/C19H20N6/c1-13(11-20)5-6-14(2)25-12-15-10-16(7-8-18(15)24-25)23-19-17(21)4-3-9-22-19/h3-12H,2,20-21H2,1H3,(H,22,23)/b6-5-,13-11-. The Balaban J connectivity index is 1.85. The zero-order valence-corrected chi connectivity index (χ0v) is 14.0. The van der Waals surface area contributed by atoms with Crippen molar-refractivity contribution >= 4 is 33.8 Å². The van der Waals surface area contributed by atoms with Crippen molar-refractivity contribution in [2.75, 3.05) is 11.1 Å². The van der Waals surface area contributed by atoms with Crippen LogP contribution in [0.1, 0.15) is 6.92 Å². The molecule has 3 rings (SSSR count). The summed E-state index contributed by atoms with van der Waals surface area (Å²) < 4.78 is 1.74. The van der Waals surface area contributed by atoms with E-state index in [2.05, 4.69) is 22.0 Å². The minimum absolute atomic E-state index is 0.597. The van der Waals surface area contributed by atoms with E-state index in [1.165, 1.54) is 0 Å². The van der Waals surface area contributed by atoms with Gasteiger partial charge in [0.2, 0.25) is 0 Å². The van der Waals surface area contributed by atoms with Crippen molar-refractivity contribution in [1.29, 1.82) is 0 Å². The number of anilines is 3. The van der Waals surface area contributed by atoms with Crippen LogP contribution < -0.4 is 16.8 Å². The molecular formula is C19H20N6. The van der Waals surface area contributed by atoms with Gasteiger partial charge >= 0.3 is 0 Å². The van der Waals surface area contributed by atoms with Gasteiger partial charge in [-0.05, 0) is 55.1 Å². The Morgan fingerprint density at radius 3 is 2.88 bits per heavy atom. The first-order chi connectivity index (χ1) is 12.1. The number of nitrogens with two attached hydrogens (primary N) is 2. The molecule has 0 spiro atoms. The second-order valence-electron chi connectivity index (χ2n) is 5.65. The highest BCUT2D eigenvalue weighted by Gasteiger charge is 2.05. The molecule has 6 heteroatoms. The molecule has 5 N–H and O–H groups in total. The number of hydrogen-bond acceptors (Lipinski definition) is 5. The maximum Gasteiger partial charge on any atom is 0.153 e. The summed E-state index contributed by atoms with van der Waals surface area (Å²) in [7, 11) is 0. The van der Waals surface area contributed by atoms with Crippen LogP contribution in [0, 0.1) is 0 Å². The van der Waals surface area contributed by atoms with Crippen LogP contribution >= 0.6 is 0 Å². The normalized spacial score (nSPS) is 12.0. The molecule has 0 bridgehead atoms. The zero-order valence-electron chi connectivity index (χ0n) is 14.0. The van der Waals surface area contributed by atoms with E-state index in [1.54, 1.807) is 29.2 Å². The Labute approximate surface area is 146 Å². The number of aromatic nitrogens is 3. The first kappa shape index (κ1) is 16.3. The predicted molar refractivity (Wildman–Crippen MR) is 104 cm³/mol. The van der Waals surface area contributed by atoms with Gasteiger partial charge in [0.25, 0.3) is 0 Å². The lowest BCUT2D eigenvalue weighted by molar-refractivity contribution is 0.930. The van der Waals surface area contributed by atoms with E-state index in [9.17, 15) is 0 Å². The summed E-state index contributed by atoms with van der Waals surface area (Å²) in [6.45, 7) is 5.95. The summed E-state index contributed by atoms with van der Waals surface area (Å²) >= 11 is 0. The van der Waals surface area contributed by atoms with E-state index in [-0.39, 0.29) is 0 Å². The fourth-order valence-corrected chi connectivity index (χ4v) is 2.27. The molecule has 2 heterocycles. The molecular weight excluding hydrogens is 312 g/mol. The second-order valence-corrected chi connectivity index (χ2v) is 5.65. The van der Waals surface area contributed by atoms with E-state index >= 15 is 0 Å². The quantitative estimate of drug-likeness (QED) is 0.620. The fourth-order valence-electron chi connectivity index (χ4n) is 2.27. The number of allylic oxidation sites excluding steroid dienone is 4. The van der Waals surface area contributed by atoms with Gasteiger partial charge in [-0.15, -0.1) is 0 Å². The Kier molecular flexibility index (Phi) is 4.52. The molecule has 126 valence electrons. The largest absolute Gasteiger partial charge is 0.404 e. The molecule has 0 amide bonds. The van der Waals surface area contributed by atoms with Crippen LogP contribution in [-0.4, -0.2) is 14.8 Å². The fraction of sp³-hybridized carbons (Fsp3) is 0.0526. The average Bonchev–Trinajstić information content (AvgIpc) is 3.04. The van der Waals surface area contributed by atoms with Crippen LogP contribution in [-0.2, 0) is 0 Å². The lowest BCUT2D eigenvalue weighted by Gasteiger charge is -2.07. The summed E-state index contributed by atoms with van der Waals surface area (Å²) in [5.41, 5.74) is 15.5. The third kappa shape index (κ3) is 3.69. The first-order valence-electron chi connectivity index (χ1n) is 7.79. The second kappa shape index (κ2) is 6.92. The van der Waals surface area contributed by atoms with Gasteiger partial charge in [-0.25, -0.2) is 9.67 Å². The Bertz CT molecular complexity index is 980. The van der Waals surface area contributed by atoms with Crippen molar-refractivity contribution in [3.63, 3.8) is 0 Å². The van der Waals surface area contributed by atoms with Crippen molar-refractivity contribution in [1.82, 2.24) is 14.8 Å². The van der Waals surface area contributed by atoms with Gasteiger partial charge in [0.15, 0.2) is 5.82 Å². The van der Waals surface area contributed by atoms with Gasteiger partial charge in [-0.1, -0.05) is 12.7 Å². The number of hydrogen-bond donors (Lipinski definition) is 3. The SMILES string of the molecule is C=C(/C=C\C(C)=C/N)n1cc2cc(Nc3ncccc3N)ccc2n1. The van der Waals surface area contributed by atoms with Crippen molar-refractivity contribution in [2.24, 2.45) is 5.73 Å². The minimum atomic E-state index is 0.597. The predicted octanol–water partition coefficient (Wildman–Crippen LogP) is 3.65. The third-order valence-electron chi connectivity index (χ3n) is 3.70. The van der Waals surface area contributed by atoms with Gasteiger partial charge in [-0.2, -0.15) is 5.10 Å². The van der Waals surface area contributed by atoms with Crippen molar-refractivity contribution < 1.29 is 0 Å². The average molecular weight is 332 g/mol. The molecule has 0 unspecified atom stereocenters. The first-order valence-corrected chi connectivity index (χ1v) is 7.79. The van der Waals surface area contributed by atoms with Crippen molar-refractivity contribution in [3.8, 4) is 0 Å². The molecule has 0 radical (unpaired) electrons. The number of nitrogens with zero attached hydrogens (tertiary/aromatic N) is 3. The molecule has 1 aromatic carbocycles. The molecule has 0 saturated carbocycles. The number of nitrogen functional groups attached to an aromatic ring is 1. The highest BCUT2D eigenvalue weighted by Crippen LogP contribution is 2.24. The summed E-state index contributed by atoms with van der Waals surface area (Å²) in [6, 6.07) is 9.48. The molecule has 0 aliphatic rings. The molecule has 0 saturated heterocycles. The number of fused-ring (bicyclic) bond motifs is 1. The van der Waals surface area contributed by atoms with Crippen LogP contribution in [0.25, 0.3) is 16.6 Å². The molecule has 0 aliphatic carbocycles. The van der Waals surface area contributed by atoms with E-state index in [0.717, 1.165) is 27.9 Å². The molecule has 3 aromatic rings.